The number of rotatable bonds is 6. The van der Waals surface area contributed by atoms with Crippen LogP contribution in [0.25, 0.3) is 0 Å². The summed E-state index contributed by atoms with van der Waals surface area (Å²) < 4.78 is 13.5. The number of likely N-dealkylation sites (tertiary alicyclic amines) is 1. The zero-order valence-corrected chi connectivity index (χ0v) is 11.9. The van der Waals surface area contributed by atoms with Gasteiger partial charge in [0.15, 0.2) is 0 Å². The van der Waals surface area contributed by atoms with Crippen molar-refractivity contribution in [2.75, 3.05) is 45.6 Å². The second kappa shape index (κ2) is 6.87. The quantitative estimate of drug-likeness (QED) is 0.851. The van der Waals surface area contributed by atoms with Crippen LogP contribution >= 0.6 is 0 Å². The zero-order chi connectivity index (χ0) is 13.7. The monoisotopic (exact) mass is 265 g/mol. The average molecular weight is 265 g/mol. The Hall–Kier alpha value is -1.13. The van der Waals surface area contributed by atoms with E-state index in [0.717, 1.165) is 26.2 Å². The van der Waals surface area contributed by atoms with Crippen molar-refractivity contribution in [3.63, 3.8) is 0 Å². The van der Waals surface area contributed by atoms with Gasteiger partial charge in [0.05, 0.1) is 5.69 Å². The number of anilines is 1. The lowest BCUT2D eigenvalue weighted by molar-refractivity contribution is 0.214. The van der Waals surface area contributed by atoms with E-state index in [1.165, 1.54) is 18.9 Å². The molecule has 2 rings (SSSR count). The smallest absolute Gasteiger partial charge is 0.146 e. The van der Waals surface area contributed by atoms with Crippen molar-refractivity contribution >= 4 is 5.69 Å². The van der Waals surface area contributed by atoms with E-state index in [1.807, 2.05) is 6.07 Å². The maximum absolute atomic E-state index is 13.5. The van der Waals surface area contributed by atoms with Gasteiger partial charge in [-0.05, 0) is 45.6 Å². The molecule has 0 spiro atoms. The molecule has 1 atom stereocenters. The summed E-state index contributed by atoms with van der Waals surface area (Å²) in [5.41, 5.74) is 0.603. The van der Waals surface area contributed by atoms with Crippen molar-refractivity contribution in [1.29, 1.82) is 0 Å². The minimum atomic E-state index is -0.172. The first-order chi connectivity index (χ1) is 9.16. The Labute approximate surface area is 115 Å². The summed E-state index contributed by atoms with van der Waals surface area (Å²) in [6.45, 7) is 4.05. The van der Waals surface area contributed by atoms with E-state index >= 15 is 0 Å². The van der Waals surface area contributed by atoms with Gasteiger partial charge in [-0.3, -0.25) is 4.90 Å². The molecule has 1 aromatic carbocycles. The lowest BCUT2D eigenvalue weighted by Crippen LogP contribution is -2.39. The Bertz CT molecular complexity index is 395. The molecule has 1 aromatic rings. The van der Waals surface area contributed by atoms with Gasteiger partial charge in [-0.25, -0.2) is 4.39 Å². The van der Waals surface area contributed by atoms with Crippen LogP contribution in [0.1, 0.15) is 12.8 Å². The van der Waals surface area contributed by atoms with E-state index in [9.17, 15) is 4.39 Å². The number of nitrogens with one attached hydrogen (secondary N) is 1. The highest BCUT2D eigenvalue weighted by Crippen LogP contribution is 2.17. The largest absolute Gasteiger partial charge is 0.381 e. The minimum Gasteiger partial charge on any atom is -0.381 e. The number of hydrogen-bond donors (Lipinski definition) is 1. The fourth-order valence-electron chi connectivity index (χ4n) is 2.76. The van der Waals surface area contributed by atoms with Crippen molar-refractivity contribution in [2.24, 2.45) is 0 Å². The van der Waals surface area contributed by atoms with Gasteiger partial charge in [0.2, 0.25) is 0 Å². The summed E-state index contributed by atoms with van der Waals surface area (Å²) in [7, 11) is 4.24. The molecule has 1 aliphatic heterocycles. The van der Waals surface area contributed by atoms with E-state index < -0.39 is 0 Å². The van der Waals surface area contributed by atoms with Gasteiger partial charge in [0.25, 0.3) is 0 Å². The third-order valence-electron chi connectivity index (χ3n) is 3.66. The molecule has 1 N–H and O–H groups in total. The van der Waals surface area contributed by atoms with E-state index in [1.54, 1.807) is 12.1 Å². The molecular weight excluding hydrogens is 241 g/mol. The van der Waals surface area contributed by atoms with Crippen LogP contribution in [-0.2, 0) is 0 Å². The topological polar surface area (TPSA) is 18.5 Å². The first-order valence-corrected chi connectivity index (χ1v) is 7.04. The molecule has 0 bridgehead atoms. The molecule has 1 fully saturated rings. The molecule has 1 unspecified atom stereocenters. The molecule has 0 aromatic heterocycles. The van der Waals surface area contributed by atoms with Gasteiger partial charge in [-0.15, -0.1) is 0 Å². The predicted octanol–water partition coefficient (Wildman–Crippen LogP) is 2.26. The summed E-state index contributed by atoms with van der Waals surface area (Å²) in [5.74, 6) is -0.172. The lowest BCUT2D eigenvalue weighted by Gasteiger charge is -2.27. The Balaban J connectivity index is 1.77. The summed E-state index contributed by atoms with van der Waals surface area (Å²) >= 11 is 0. The summed E-state index contributed by atoms with van der Waals surface area (Å²) in [6, 6.07) is 7.51. The SMILES string of the molecule is CN(C)CC1CCCN1CCNc1ccccc1F. The molecule has 1 aliphatic rings. The normalized spacial score (nSPS) is 20.1. The highest BCUT2D eigenvalue weighted by atomic mass is 19.1. The first kappa shape index (κ1) is 14.3. The average Bonchev–Trinajstić information content (AvgIpc) is 2.78. The highest BCUT2D eigenvalue weighted by molar-refractivity contribution is 5.44. The van der Waals surface area contributed by atoms with E-state index in [2.05, 4.69) is 29.2 Å². The van der Waals surface area contributed by atoms with Gasteiger partial charge in [-0.2, -0.15) is 0 Å². The van der Waals surface area contributed by atoms with Gasteiger partial charge in [0, 0.05) is 25.7 Å². The molecule has 106 valence electrons. The fraction of sp³-hybridized carbons (Fsp3) is 0.600. The van der Waals surface area contributed by atoms with Crippen LogP contribution in [0.2, 0.25) is 0 Å². The van der Waals surface area contributed by atoms with Gasteiger partial charge in [0.1, 0.15) is 5.82 Å². The Kier molecular flexibility index (Phi) is 5.16. The molecule has 1 saturated heterocycles. The Morgan fingerprint density at radius 1 is 1.37 bits per heavy atom. The molecule has 0 radical (unpaired) electrons. The van der Waals surface area contributed by atoms with Crippen molar-refractivity contribution in [2.45, 2.75) is 18.9 Å². The zero-order valence-electron chi connectivity index (χ0n) is 11.9. The van der Waals surface area contributed by atoms with Crippen LogP contribution in [0.3, 0.4) is 0 Å². The third-order valence-corrected chi connectivity index (χ3v) is 3.66. The Morgan fingerprint density at radius 3 is 2.89 bits per heavy atom. The second-order valence-electron chi connectivity index (χ2n) is 5.50. The molecule has 4 heteroatoms. The van der Waals surface area contributed by atoms with Crippen molar-refractivity contribution in [3.05, 3.63) is 30.1 Å². The van der Waals surface area contributed by atoms with Gasteiger partial charge >= 0.3 is 0 Å². The molecular formula is C15H24FN3. The minimum absolute atomic E-state index is 0.172. The molecule has 1 heterocycles. The molecule has 3 nitrogen and oxygen atoms in total. The highest BCUT2D eigenvalue weighted by Gasteiger charge is 2.24. The molecule has 0 saturated carbocycles. The second-order valence-corrected chi connectivity index (χ2v) is 5.50. The van der Waals surface area contributed by atoms with Gasteiger partial charge < -0.3 is 10.2 Å². The van der Waals surface area contributed by atoms with Crippen LogP contribution in [0.4, 0.5) is 10.1 Å². The van der Waals surface area contributed by atoms with E-state index in [0.29, 0.717) is 11.7 Å². The Morgan fingerprint density at radius 2 is 2.16 bits per heavy atom. The third kappa shape index (κ3) is 4.18. The maximum Gasteiger partial charge on any atom is 0.146 e. The van der Waals surface area contributed by atoms with Crippen LogP contribution < -0.4 is 5.32 Å². The predicted molar refractivity (Wildman–Crippen MR) is 78.0 cm³/mol. The van der Waals surface area contributed by atoms with Crippen molar-refractivity contribution in [3.8, 4) is 0 Å². The summed E-state index contributed by atoms with van der Waals surface area (Å²) in [6.07, 6.45) is 2.55. The van der Waals surface area contributed by atoms with Crippen LogP contribution in [-0.4, -0.2) is 56.1 Å². The van der Waals surface area contributed by atoms with Crippen LogP contribution in [0.5, 0.6) is 0 Å². The summed E-state index contributed by atoms with van der Waals surface area (Å²) in [4.78, 5) is 4.75. The molecule has 0 amide bonds. The van der Waals surface area contributed by atoms with E-state index in [4.69, 9.17) is 0 Å². The summed E-state index contributed by atoms with van der Waals surface area (Å²) in [5, 5.41) is 3.18. The standard InChI is InChI=1S/C15H24FN3/c1-18(2)12-13-6-5-10-19(13)11-9-17-15-8-4-3-7-14(15)16/h3-4,7-8,13,17H,5-6,9-12H2,1-2H3. The maximum atomic E-state index is 13.5. The number of hydrogen-bond acceptors (Lipinski definition) is 3. The van der Waals surface area contributed by atoms with Crippen LogP contribution in [0, 0.1) is 5.82 Å². The van der Waals surface area contributed by atoms with Crippen molar-refractivity contribution in [1.82, 2.24) is 9.80 Å². The number of nitrogens with zero attached hydrogens (tertiary/aromatic N) is 2. The fourth-order valence-corrected chi connectivity index (χ4v) is 2.76. The lowest BCUT2D eigenvalue weighted by atomic mass is 10.2. The van der Waals surface area contributed by atoms with Gasteiger partial charge in [-0.1, -0.05) is 12.1 Å². The number of benzene rings is 1. The molecule has 19 heavy (non-hydrogen) atoms. The number of halogens is 1. The number of para-hydroxylation sites is 1. The van der Waals surface area contributed by atoms with Crippen LogP contribution in [0.15, 0.2) is 24.3 Å². The van der Waals surface area contributed by atoms with E-state index in [-0.39, 0.29) is 5.82 Å². The first-order valence-electron chi connectivity index (χ1n) is 7.04. The van der Waals surface area contributed by atoms with Crippen molar-refractivity contribution < 1.29 is 4.39 Å². The molecule has 0 aliphatic carbocycles. The number of likely N-dealkylation sites (N-methyl/N-ethyl adjacent to an activating group) is 1.